The molecule has 0 fully saturated rings. The molecule has 0 radical (unpaired) electrons. The maximum absolute atomic E-state index is 12.8. The van der Waals surface area contributed by atoms with E-state index in [1.165, 1.54) is 12.1 Å². The molecular weight excluding hydrogens is 303 g/mol. The van der Waals surface area contributed by atoms with Gasteiger partial charge in [-0.3, -0.25) is 4.79 Å². The topological polar surface area (TPSA) is 32.3 Å². The van der Waals surface area contributed by atoms with Crippen molar-refractivity contribution < 1.29 is 9.18 Å². The molecule has 0 spiro atoms. The zero-order valence-corrected chi connectivity index (χ0v) is 13.3. The smallest absolute Gasteiger partial charge is 0.224 e. The molecule has 0 saturated carbocycles. The van der Waals surface area contributed by atoms with Crippen molar-refractivity contribution in [1.82, 2.24) is 0 Å². The van der Waals surface area contributed by atoms with Gasteiger partial charge >= 0.3 is 0 Å². The van der Waals surface area contributed by atoms with Crippen molar-refractivity contribution in [1.29, 1.82) is 0 Å². The highest BCUT2D eigenvalue weighted by molar-refractivity contribution is 6.33. The van der Waals surface area contributed by atoms with Crippen molar-refractivity contribution in [3.63, 3.8) is 0 Å². The van der Waals surface area contributed by atoms with Gasteiger partial charge in [-0.25, -0.2) is 4.39 Å². The number of carbonyl (C=O) groups is 1. The molecule has 0 aromatic heterocycles. The minimum atomic E-state index is -0.274. The third-order valence-corrected chi connectivity index (χ3v) is 3.57. The van der Waals surface area contributed by atoms with Gasteiger partial charge in [0, 0.05) is 26.2 Å². The summed E-state index contributed by atoms with van der Waals surface area (Å²) in [4.78, 5) is 13.8. The SMILES string of the molecule is CN(C)c1ccc(NC(=O)CCc2ccc(F)cc2)cc1Cl. The molecule has 2 aromatic rings. The van der Waals surface area contributed by atoms with Gasteiger partial charge in [-0.05, 0) is 42.3 Å². The molecular formula is C17H18ClFN2O. The van der Waals surface area contributed by atoms with Crippen molar-refractivity contribution in [2.45, 2.75) is 12.8 Å². The first-order valence-electron chi connectivity index (χ1n) is 6.97. The number of rotatable bonds is 5. The summed E-state index contributed by atoms with van der Waals surface area (Å²) in [5.74, 6) is -0.373. The Morgan fingerprint density at radius 1 is 1.18 bits per heavy atom. The molecule has 0 unspecified atom stereocenters. The molecule has 5 heteroatoms. The predicted octanol–water partition coefficient (Wildman–Crippen LogP) is 4.12. The highest BCUT2D eigenvalue weighted by Gasteiger charge is 2.07. The summed E-state index contributed by atoms with van der Waals surface area (Å²) in [5.41, 5.74) is 2.49. The molecule has 0 atom stereocenters. The molecule has 2 rings (SSSR count). The molecule has 3 nitrogen and oxygen atoms in total. The number of halogens is 2. The average Bonchev–Trinajstić information content (AvgIpc) is 2.46. The van der Waals surface area contributed by atoms with Crippen molar-refractivity contribution >= 4 is 28.9 Å². The Morgan fingerprint density at radius 2 is 1.86 bits per heavy atom. The van der Waals surface area contributed by atoms with Crippen LogP contribution in [0.25, 0.3) is 0 Å². The van der Waals surface area contributed by atoms with E-state index in [-0.39, 0.29) is 11.7 Å². The minimum absolute atomic E-state index is 0.0991. The van der Waals surface area contributed by atoms with Crippen LogP contribution in [0.3, 0.4) is 0 Å². The first kappa shape index (κ1) is 16.3. The molecule has 0 bridgehead atoms. The lowest BCUT2D eigenvalue weighted by Gasteiger charge is -2.15. The van der Waals surface area contributed by atoms with Crippen LogP contribution in [0.4, 0.5) is 15.8 Å². The number of aryl methyl sites for hydroxylation is 1. The van der Waals surface area contributed by atoms with E-state index in [1.54, 1.807) is 18.2 Å². The highest BCUT2D eigenvalue weighted by atomic mass is 35.5. The Balaban J connectivity index is 1.92. The minimum Gasteiger partial charge on any atom is -0.376 e. The van der Waals surface area contributed by atoms with Crippen LogP contribution in [0.2, 0.25) is 5.02 Å². The largest absolute Gasteiger partial charge is 0.376 e. The highest BCUT2D eigenvalue weighted by Crippen LogP contribution is 2.27. The maximum atomic E-state index is 12.8. The lowest BCUT2D eigenvalue weighted by molar-refractivity contribution is -0.116. The molecule has 0 heterocycles. The molecule has 1 N–H and O–H groups in total. The van der Waals surface area contributed by atoms with E-state index in [9.17, 15) is 9.18 Å². The van der Waals surface area contributed by atoms with Crippen LogP contribution in [0.5, 0.6) is 0 Å². The van der Waals surface area contributed by atoms with Gasteiger partial charge in [-0.1, -0.05) is 23.7 Å². The van der Waals surface area contributed by atoms with E-state index in [1.807, 2.05) is 31.1 Å². The van der Waals surface area contributed by atoms with E-state index in [0.29, 0.717) is 23.6 Å². The summed E-state index contributed by atoms with van der Waals surface area (Å²) in [5, 5.41) is 3.40. The van der Waals surface area contributed by atoms with Crippen LogP contribution >= 0.6 is 11.6 Å². The summed E-state index contributed by atoms with van der Waals surface area (Å²) < 4.78 is 12.8. The summed E-state index contributed by atoms with van der Waals surface area (Å²) in [6.07, 6.45) is 0.897. The van der Waals surface area contributed by atoms with Gasteiger partial charge in [-0.2, -0.15) is 0 Å². The lowest BCUT2D eigenvalue weighted by atomic mass is 10.1. The average molecular weight is 321 g/mol. The summed E-state index contributed by atoms with van der Waals surface area (Å²) in [6, 6.07) is 11.6. The summed E-state index contributed by atoms with van der Waals surface area (Å²) >= 11 is 6.17. The van der Waals surface area contributed by atoms with Gasteiger partial charge < -0.3 is 10.2 Å². The van der Waals surface area contributed by atoms with Gasteiger partial charge in [0.2, 0.25) is 5.91 Å². The van der Waals surface area contributed by atoms with Gasteiger partial charge in [-0.15, -0.1) is 0 Å². The second-order valence-corrected chi connectivity index (χ2v) is 5.64. The van der Waals surface area contributed by atoms with Crippen LogP contribution in [0.1, 0.15) is 12.0 Å². The third kappa shape index (κ3) is 4.46. The Morgan fingerprint density at radius 3 is 2.45 bits per heavy atom. The number of hydrogen-bond acceptors (Lipinski definition) is 2. The number of hydrogen-bond donors (Lipinski definition) is 1. The first-order chi connectivity index (χ1) is 10.5. The number of nitrogens with zero attached hydrogens (tertiary/aromatic N) is 1. The number of carbonyl (C=O) groups excluding carboxylic acids is 1. The number of amides is 1. The van der Waals surface area contributed by atoms with Crippen molar-refractivity contribution in [3.05, 3.63) is 58.9 Å². The van der Waals surface area contributed by atoms with Crippen molar-refractivity contribution in [2.24, 2.45) is 0 Å². The fourth-order valence-corrected chi connectivity index (χ4v) is 2.43. The van der Waals surface area contributed by atoms with E-state index < -0.39 is 0 Å². The fourth-order valence-electron chi connectivity index (χ4n) is 2.08. The normalized spacial score (nSPS) is 10.4. The van der Waals surface area contributed by atoms with Crippen LogP contribution in [0.15, 0.2) is 42.5 Å². The van der Waals surface area contributed by atoms with Gasteiger partial charge in [0.25, 0.3) is 0 Å². The molecule has 116 valence electrons. The molecule has 2 aromatic carbocycles. The van der Waals surface area contributed by atoms with Crippen molar-refractivity contribution in [3.8, 4) is 0 Å². The van der Waals surface area contributed by atoms with Crippen LogP contribution < -0.4 is 10.2 Å². The molecule has 0 aliphatic heterocycles. The fraction of sp³-hybridized carbons (Fsp3) is 0.235. The summed E-state index contributed by atoms with van der Waals surface area (Å²) in [7, 11) is 3.81. The Bertz CT molecular complexity index is 656. The van der Waals surface area contributed by atoms with E-state index in [4.69, 9.17) is 11.6 Å². The molecule has 1 amide bonds. The third-order valence-electron chi connectivity index (χ3n) is 3.27. The van der Waals surface area contributed by atoms with E-state index in [2.05, 4.69) is 5.32 Å². The van der Waals surface area contributed by atoms with Crippen molar-refractivity contribution in [2.75, 3.05) is 24.3 Å². The van der Waals surface area contributed by atoms with Crippen LogP contribution in [0, 0.1) is 5.82 Å². The van der Waals surface area contributed by atoms with Gasteiger partial charge in [0.15, 0.2) is 0 Å². The number of nitrogens with one attached hydrogen (secondary N) is 1. The first-order valence-corrected chi connectivity index (χ1v) is 7.34. The molecule has 0 aliphatic carbocycles. The van der Waals surface area contributed by atoms with Gasteiger partial charge in [0.05, 0.1) is 10.7 Å². The Kier molecular flexibility index (Phi) is 5.39. The lowest BCUT2D eigenvalue weighted by Crippen LogP contribution is -2.13. The zero-order valence-electron chi connectivity index (χ0n) is 12.6. The predicted molar refractivity (Wildman–Crippen MR) is 89.1 cm³/mol. The number of benzene rings is 2. The molecule has 0 saturated heterocycles. The number of anilines is 2. The van der Waals surface area contributed by atoms with E-state index >= 15 is 0 Å². The second-order valence-electron chi connectivity index (χ2n) is 5.24. The van der Waals surface area contributed by atoms with Crippen LogP contribution in [-0.2, 0) is 11.2 Å². The second kappa shape index (κ2) is 7.27. The van der Waals surface area contributed by atoms with Crippen LogP contribution in [-0.4, -0.2) is 20.0 Å². The van der Waals surface area contributed by atoms with E-state index in [0.717, 1.165) is 11.3 Å². The Labute approximate surface area is 134 Å². The maximum Gasteiger partial charge on any atom is 0.224 e. The molecule has 0 aliphatic rings. The van der Waals surface area contributed by atoms with Gasteiger partial charge in [0.1, 0.15) is 5.82 Å². The zero-order chi connectivity index (χ0) is 16.1. The Hall–Kier alpha value is -2.07. The summed E-state index contributed by atoms with van der Waals surface area (Å²) in [6.45, 7) is 0. The standard InChI is InChI=1S/C17H18ClFN2O/c1-21(2)16-9-8-14(11-15(16)18)20-17(22)10-5-12-3-6-13(19)7-4-12/h3-4,6-9,11H,5,10H2,1-2H3,(H,20,22). The monoisotopic (exact) mass is 320 g/mol. The molecule has 22 heavy (non-hydrogen) atoms. The quantitative estimate of drug-likeness (QED) is 0.899.